The fourth-order valence-corrected chi connectivity index (χ4v) is 0.263. The highest BCUT2D eigenvalue weighted by atomic mass is 16.5. The third-order valence-electron chi connectivity index (χ3n) is 1.19. The Morgan fingerprint density at radius 3 is 1.39 bits per heavy atom. The number of esters is 1. The minimum atomic E-state index is -0.745. The molecule has 0 rings (SSSR count). The van der Waals surface area contributed by atoms with Crippen molar-refractivity contribution in [2.45, 2.75) is 40.5 Å². The monoisotopic (exact) mass is 269 g/mol. The Morgan fingerprint density at radius 1 is 1.00 bits per heavy atom. The van der Waals surface area contributed by atoms with Crippen LogP contribution in [0.1, 0.15) is 40.5 Å². The maximum absolute atomic E-state index is 10.2. The maximum atomic E-state index is 10.2. The number of methoxy groups -OCH3 is 1. The van der Waals surface area contributed by atoms with Crippen molar-refractivity contribution in [1.82, 2.24) is 0 Å². The lowest BCUT2D eigenvalue weighted by molar-refractivity contribution is -0.142. The predicted octanol–water partition coefficient (Wildman–Crippen LogP) is 1.72. The summed E-state index contributed by atoms with van der Waals surface area (Å²) < 4.78 is 9.09. The molecule has 0 heterocycles. The number of carboxylic acids is 1. The topological polar surface area (TPSA) is 104 Å². The first-order valence-electron chi connectivity index (χ1n) is 5.36. The predicted molar refractivity (Wildman–Crippen MR) is 72.4 cm³/mol. The van der Waals surface area contributed by atoms with Crippen molar-refractivity contribution in [3.05, 3.63) is 7.43 Å². The van der Waals surface area contributed by atoms with Crippen LogP contribution in [-0.4, -0.2) is 42.8 Å². The number of rotatable bonds is 4. The Balaban J connectivity index is -0.0000000463. The summed E-state index contributed by atoms with van der Waals surface area (Å²) >= 11 is 0. The molecule has 0 aliphatic rings. The zero-order valence-corrected chi connectivity index (χ0v) is 12.4. The van der Waals surface area contributed by atoms with Crippen LogP contribution in [0.4, 0.5) is 0 Å². The van der Waals surface area contributed by atoms with Crippen LogP contribution in [0.15, 0.2) is 0 Å². The highest BCUT2D eigenvalue weighted by Gasteiger charge is 1.91. The maximum Gasteiger partial charge on any atom is 0.305 e. The van der Waals surface area contributed by atoms with Gasteiger partial charge in [0.1, 0.15) is 0 Å². The molecule has 0 aromatic heterocycles. The summed E-state index contributed by atoms with van der Waals surface area (Å²) in [5.74, 6) is -0.868. The van der Waals surface area contributed by atoms with E-state index in [1.54, 1.807) is 27.9 Å². The summed E-state index contributed by atoms with van der Waals surface area (Å²) in [5.41, 5.74) is 0. The largest absolute Gasteiger partial charge is 0.481 e. The fraction of sp³-hybridized carbons (Fsp3) is 0.750. The lowest BCUT2D eigenvalue weighted by Crippen LogP contribution is -2.00. The lowest BCUT2D eigenvalue weighted by atomic mass is 10.5. The summed E-state index contributed by atoms with van der Waals surface area (Å²) in [4.78, 5) is 19.6. The van der Waals surface area contributed by atoms with E-state index in [1.807, 2.05) is 6.92 Å². The van der Waals surface area contributed by atoms with Gasteiger partial charge >= 0.3 is 11.9 Å². The number of carboxylic acid groups (broad SMARTS) is 1. The van der Waals surface area contributed by atoms with Crippen molar-refractivity contribution in [3.8, 4) is 0 Å². The third-order valence-corrected chi connectivity index (χ3v) is 1.19. The number of carbonyl (C=O) groups is 2. The summed E-state index contributed by atoms with van der Waals surface area (Å²) in [5, 5.41) is 7.72. The molecule has 0 aliphatic carbocycles. The Kier molecular flexibility index (Phi) is 49.5. The summed E-state index contributed by atoms with van der Waals surface area (Å²) in [6.07, 6.45) is 0.702. The van der Waals surface area contributed by atoms with Gasteiger partial charge in [0.05, 0.1) is 6.61 Å². The van der Waals surface area contributed by atoms with Crippen molar-refractivity contribution < 1.29 is 29.6 Å². The second-order valence-corrected chi connectivity index (χ2v) is 2.48. The zero-order valence-electron chi connectivity index (χ0n) is 12.4. The van der Waals surface area contributed by atoms with Gasteiger partial charge in [0.2, 0.25) is 0 Å². The van der Waals surface area contributed by atoms with Crippen LogP contribution in [0.2, 0.25) is 0 Å². The van der Waals surface area contributed by atoms with Gasteiger partial charge in [0.15, 0.2) is 0 Å². The van der Waals surface area contributed by atoms with Gasteiger partial charge in [-0.3, -0.25) is 9.59 Å². The van der Waals surface area contributed by atoms with Gasteiger partial charge < -0.3 is 20.1 Å². The molecule has 0 saturated heterocycles. The quantitative estimate of drug-likeness (QED) is 0.618. The van der Waals surface area contributed by atoms with Crippen molar-refractivity contribution in [2.24, 2.45) is 0 Å². The second-order valence-electron chi connectivity index (χ2n) is 2.48. The van der Waals surface area contributed by atoms with Gasteiger partial charge in [-0.2, -0.15) is 0 Å². The summed E-state index contributed by atoms with van der Waals surface area (Å²) in [6.45, 7) is 8.44. The van der Waals surface area contributed by atoms with E-state index < -0.39 is 5.97 Å². The fourth-order valence-electron chi connectivity index (χ4n) is 0.263. The smallest absolute Gasteiger partial charge is 0.305 e. The molecule has 18 heavy (non-hydrogen) atoms. The third kappa shape index (κ3) is 61.3. The molecule has 0 saturated carbocycles. The molecule has 0 aromatic carbocycles. The van der Waals surface area contributed by atoms with E-state index in [4.69, 9.17) is 5.11 Å². The van der Waals surface area contributed by atoms with Gasteiger partial charge in [0, 0.05) is 34.0 Å². The van der Waals surface area contributed by atoms with Crippen molar-refractivity contribution in [2.75, 3.05) is 20.3 Å². The molecule has 0 bridgehead atoms. The molecule has 0 aliphatic heterocycles. The SMILES string of the molecule is CCC(=O)O.CCOC.CCOC(=O)CC.O.[CH3+]. The number of aliphatic carboxylic acids is 1. The molecule has 0 amide bonds. The van der Waals surface area contributed by atoms with Crippen LogP contribution in [-0.2, 0) is 19.1 Å². The van der Waals surface area contributed by atoms with E-state index in [2.05, 4.69) is 9.47 Å². The van der Waals surface area contributed by atoms with E-state index in [0.717, 1.165) is 6.61 Å². The molecule has 6 nitrogen and oxygen atoms in total. The average molecular weight is 269 g/mol. The highest BCUT2D eigenvalue weighted by molar-refractivity contribution is 5.68. The van der Waals surface area contributed by atoms with Crippen LogP contribution in [0.25, 0.3) is 0 Å². The molecule has 0 atom stereocenters. The summed E-state index contributed by atoms with van der Waals surface area (Å²) in [7, 11) is 1.68. The minimum Gasteiger partial charge on any atom is -0.481 e. The van der Waals surface area contributed by atoms with Crippen molar-refractivity contribution >= 4 is 11.9 Å². The molecular weight excluding hydrogens is 240 g/mol. The van der Waals surface area contributed by atoms with Gasteiger partial charge in [-0.05, 0) is 13.8 Å². The van der Waals surface area contributed by atoms with Crippen LogP contribution in [0.5, 0.6) is 0 Å². The molecule has 112 valence electrons. The van der Waals surface area contributed by atoms with E-state index in [9.17, 15) is 9.59 Å². The zero-order chi connectivity index (χ0) is 13.4. The number of ether oxygens (including phenoxy) is 2. The molecule has 3 N–H and O–H groups in total. The second kappa shape index (κ2) is 29.6. The molecule has 6 heteroatoms. The molecule has 0 radical (unpaired) electrons. The molecular formula is C12H29O6+. The lowest BCUT2D eigenvalue weighted by Gasteiger charge is -1.93. The summed E-state index contributed by atoms with van der Waals surface area (Å²) in [6, 6.07) is 0. The number of carbonyl (C=O) groups excluding carboxylic acids is 1. The molecule has 0 unspecified atom stereocenters. The van der Waals surface area contributed by atoms with Crippen LogP contribution in [0, 0.1) is 7.43 Å². The van der Waals surface area contributed by atoms with E-state index in [-0.39, 0.29) is 25.3 Å². The van der Waals surface area contributed by atoms with Gasteiger partial charge in [-0.25, -0.2) is 0 Å². The van der Waals surface area contributed by atoms with Gasteiger partial charge in [-0.1, -0.05) is 13.8 Å². The van der Waals surface area contributed by atoms with E-state index >= 15 is 0 Å². The number of hydrogen-bond acceptors (Lipinski definition) is 4. The molecule has 0 fully saturated rings. The van der Waals surface area contributed by atoms with Crippen LogP contribution >= 0.6 is 0 Å². The Labute approximate surface area is 111 Å². The standard InChI is InChI=1S/C5H10O2.C3H6O2.C3H8O.CH3.H2O/c1-3-5(6)7-4-2;1-2-3(4)5;1-3-4-2;;/h3-4H2,1-2H3;2H2,1H3,(H,4,5);3H2,1-2H3;1H3;1H2/q;;;+1;. The Bertz CT molecular complexity index is 157. The average Bonchev–Trinajstić information content (AvgIpc) is 2.30. The first-order valence-corrected chi connectivity index (χ1v) is 5.36. The molecule has 0 spiro atoms. The first kappa shape index (κ1) is 30.1. The molecule has 0 aromatic rings. The Hall–Kier alpha value is -1.27. The Morgan fingerprint density at radius 2 is 1.33 bits per heavy atom. The number of hydrogen-bond donors (Lipinski definition) is 1. The van der Waals surface area contributed by atoms with Crippen molar-refractivity contribution in [1.29, 1.82) is 0 Å². The first-order chi connectivity index (χ1) is 7.49. The van der Waals surface area contributed by atoms with Gasteiger partial charge in [0.25, 0.3) is 0 Å². The van der Waals surface area contributed by atoms with Crippen molar-refractivity contribution in [3.63, 3.8) is 0 Å². The van der Waals surface area contributed by atoms with Gasteiger partial charge in [-0.15, -0.1) is 0 Å². The van der Waals surface area contributed by atoms with E-state index in [0.29, 0.717) is 13.0 Å². The minimum absolute atomic E-state index is 0. The highest BCUT2D eigenvalue weighted by Crippen LogP contribution is 1.80. The normalized spacial score (nSPS) is 6.94. The van der Waals surface area contributed by atoms with E-state index in [1.165, 1.54) is 0 Å². The van der Waals surface area contributed by atoms with Crippen LogP contribution in [0.3, 0.4) is 0 Å². The van der Waals surface area contributed by atoms with Crippen LogP contribution < -0.4 is 0 Å².